The van der Waals surface area contributed by atoms with Crippen LogP contribution in [-0.2, 0) is 48.5 Å². The van der Waals surface area contributed by atoms with Gasteiger partial charge in [-0.2, -0.15) is 51.3 Å². The number of hydrogen-bond donors (Lipinski definition) is 10. The summed E-state index contributed by atoms with van der Waals surface area (Å²) >= 11 is 14.4. The number of aryl methyl sites for hydroxylation is 2. The first-order valence-electron chi connectivity index (χ1n) is 29.7. The van der Waals surface area contributed by atoms with E-state index in [0.29, 0.717) is 64.5 Å². The van der Waals surface area contributed by atoms with Crippen molar-refractivity contribution >= 4 is 216 Å². The van der Waals surface area contributed by atoms with Crippen LogP contribution in [0.5, 0.6) is 5.75 Å². The number of urea groups is 2. The first-order valence-corrected chi connectivity index (χ1v) is 35.5. The maximum Gasteiger partial charge on any atom is 0.473 e. The summed E-state index contributed by atoms with van der Waals surface area (Å²) in [6.07, 6.45) is -4.05. The Balaban J connectivity index is 0.000000199. The van der Waals surface area contributed by atoms with Crippen molar-refractivity contribution in [3.05, 3.63) is 144 Å². The fourth-order valence-corrected chi connectivity index (χ4v) is 12.9. The summed E-state index contributed by atoms with van der Waals surface area (Å²) in [7, 11) is -1.58. The van der Waals surface area contributed by atoms with Crippen LogP contribution in [0.15, 0.2) is 141 Å². The standard InChI is InChI=1S/C20H25N3O7S3.C15H13N5O3S3.C14H10F3N7O4.C12H12N2O3S/c1-6-29-20(26)19(25)23(21-33(27,28)22(4)5)16-9-10-18(31-16)32-17(24)12-30-15-8-7-13(2)11-14(15)3;21-12-7-26-15(25)20(12)10-3-1-9(2-4-10)17-14(22)18-13-11(5-6-23-13)19-16-8-24;15-14(16,17)12(26)24(22-13(18)27)10-4-3-9(28-10)19-11(25)6-1-2-7-8(5-6)21-23-20-7;1-2-17-12(16)14(13-8-15)11-7-9-5-3-4-6-10(9)18-11/h7-11,21H,6,12H2,1-5H3;1-6,8,19H,7H2,(H,16,24)(H2,17,18,22);1-5H,(H,19,25)(H3,18,22,27)(H,20,21,23);3-8H,2H2,1H3,(H,13,15). The van der Waals surface area contributed by atoms with Crippen molar-refractivity contribution in [2.75, 3.05) is 81.0 Å². The Kier molecular flexibility index (Phi) is 29.2. The summed E-state index contributed by atoms with van der Waals surface area (Å²) in [4.78, 5) is 121. The number of rotatable bonds is 22. The van der Waals surface area contributed by atoms with Crippen molar-refractivity contribution in [3.63, 3.8) is 0 Å². The maximum atomic E-state index is 12.7. The normalized spacial score (nSPS) is 11.6. The topological polar surface area (TPSA) is 439 Å². The molecule has 0 unspecified atom stereocenters. The van der Waals surface area contributed by atoms with Gasteiger partial charge in [0.2, 0.25) is 35.1 Å². The SMILES string of the molecule is CCOC(=O)C(=O)N(NS(=O)(=O)N(C)C)c1ccc(SC(=O)COc2ccc(C)cc2C)s1.CCOC(=O)N(NC=O)c1cc2ccccc2s1.NC(=O)NN(C(=O)C(F)(F)F)c1ccc(NC(=O)c2ccc3n[nH]nc3c2)o1.O=C(Nc1ccc(N2C(=O)CSC2=S)cc1)Nc1occc1NNC=S. The van der Waals surface area contributed by atoms with E-state index in [2.05, 4.69) is 59.9 Å². The second kappa shape index (κ2) is 37.8. The number of halogens is 3. The molecule has 1 fully saturated rings. The molecule has 105 heavy (non-hydrogen) atoms. The van der Waals surface area contributed by atoms with Gasteiger partial charge >= 0.3 is 42.1 Å². The van der Waals surface area contributed by atoms with Crippen LogP contribution in [0, 0.1) is 13.8 Å². The van der Waals surface area contributed by atoms with Crippen molar-refractivity contribution in [1.82, 2.24) is 40.8 Å². The minimum absolute atomic E-state index is 0.0544. The van der Waals surface area contributed by atoms with Crippen molar-refractivity contribution in [1.29, 1.82) is 0 Å². The van der Waals surface area contributed by atoms with E-state index in [1.807, 2.05) is 61.1 Å². The number of H-pyrrole nitrogens is 1. The van der Waals surface area contributed by atoms with Crippen molar-refractivity contribution in [2.24, 2.45) is 5.73 Å². The third kappa shape index (κ3) is 23.1. The van der Waals surface area contributed by atoms with Crippen molar-refractivity contribution in [3.8, 4) is 5.75 Å². The number of fused-ring (bicyclic) bond motifs is 2. The number of aromatic nitrogens is 3. The lowest BCUT2D eigenvalue weighted by Gasteiger charge is -2.22. The predicted molar refractivity (Wildman–Crippen MR) is 395 cm³/mol. The number of amides is 10. The number of thioether (sulfide) groups is 2. The Labute approximate surface area is 620 Å². The number of nitrogens with two attached hydrogens (primary N) is 1. The Bertz CT molecular complexity index is 4730. The molecule has 10 amide bonds. The van der Waals surface area contributed by atoms with Gasteiger partial charge in [-0.15, -0.1) is 27.5 Å². The molecule has 9 aromatic rings. The van der Waals surface area contributed by atoms with Gasteiger partial charge in [0.1, 0.15) is 36.8 Å². The number of thiocarbonyl (C=S) groups is 2. The summed E-state index contributed by atoms with van der Waals surface area (Å²) in [6.45, 7) is 7.09. The lowest BCUT2D eigenvalue weighted by atomic mass is 10.1. The molecule has 0 spiro atoms. The van der Waals surface area contributed by atoms with Gasteiger partial charge in [0, 0.05) is 48.2 Å². The number of carbonyl (C=O) groups is 10. The van der Waals surface area contributed by atoms with E-state index in [-0.39, 0.29) is 58.2 Å². The monoisotopic (exact) mass is 1580 g/mol. The number of primary amides is 1. The van der Waals surface area contributed by atoms with E-state index in [1.165, 1.54) is 96.5 Å². The average molecular weight is 1580 g/mol. The van der Waals surface area contributed by atoms with Crippen LogP contribution in [-0.4, -0.2) is 143 Å². The quantitative estimate of drug-likeness (QED) is 0.00754. The highest BCUT2D eigenvalue weighted by molar-refractivity contribution is 8.24. The molecule has 0 bridgehead atoms. The number of carbonyl (C=O) groups excluding carboxylic acids is 10. The second-order valence-electron chi connectivity index (χ2n) is 20.5. The minimum atomic E-state index is -5.31. The molecule has 554 valence electrons. The number of esters is 1. The summed E-state index contributed by atoms with van der Waals surface area (Å²) in [6, 6.07) is 31.1. The zero-order valence-corrected chi connectivity index (χ0v) is 61.0. The highest BCUT2D eigenvalue weighted by atomic mass is 32.2. The van der Waals surface area contributed by atoms with Gasteiger partial charge in [0.15, 0.2) is 6.61 Å². The molecule has 1 saturated heterocycles. The first-order chi connectivity index (χ1) is 49.9. The zero-order chi connectivity index (χ0) is 76.7. The lowest BCUT2D eigenvalue weighted by Crippen LogP contribution is -2.53. The molecule has 4 aromatic carbocycles. The lowest BCUT2D eigenvalue weighted by molar-refractivity contribution is -0.171. The molecule has 0 aliphatic carbocycles. The molecule has 0 radical (unpaired) electrons. The molecule has 0 saturated carbocycles. The molecule has 1 aliphatic heterocycles. The van der Waals surface area contributed by atoms with Gasteiger partial charge in [-0.1, -0.05) is 72.1 Å². The summed E-state index contributed by atoms with van der Waals surface area (Å²) < 4.78 is 90.7. The number of thiophene rings is 2. The highest BCUT2D eigenvalue weighted by Crippen LogP contribution is 2.36. The molecule has 1 aliphatic rings. The zero-order valence-electron chi connectivity index (χ0n) is 55.2. The number of nitrogens with one attached hydrogen (secondary N) is 9. The van der Waals surface area contributed by atoms with Gasteiger partial charge in [-0.25, -0.2) is 29.6 Å². The van der Waals surface area contributed by atoms with Crippen LogP contribution in [0.25, 0.3) is 21.1 Å². The van der Waals surface area contributed by atoms with Gasteiger partial charge in [-0.05, 0) is 123 Å². The van der Waals surface area contributed by atoms with E-state index in [4.69, 9.17) is 41.0 Å². The average Bonchev–Trinajstić information content (AvgIpc) is 1.74. The van der Waals surface area contributed by atoms with Crippen LogP contribution >= 0.6 is 70.6 Å². The second-order valence-corrected chi connectivity index (χ2v) is 27.7. The summed E-state index contributed by atoms with van der Waals surface area (Å²) in [5, 5.41) is 20.5. The minimum Gasteiger partial charge on any atom is -0.485 e. The fourth-order valence-electron chi connectivity index (χ4n) is 8.22. The van der Waals surface area contributed by atoms with Crippen molar-refractivity contribution < 1.29 is 92.6 Å². The number of benzene rings is 4. The van der Waals surface area contributed by atoms with Crippen molar-refractivity contribution in [2.45, 2.75) is 38.1 Å². The Hall–Kier alpha value is -11.3. The van der Waals surface area contributed by atoms with E-state index < -0.39 is 64.1 Å². The van der Waals surface area contributed by atoms with E-state index >= 15 is 0 Å². The smallest absolute Gasteiger partial charge is 0.473 e. The Morgan fingerprint density at radius 1 is 0.829 bits per heavy atom. The molecular formula is C61H60F3N17O17S7. The van der Waals surface area contributed by atoms with Crippen LogP contribution < -0.4 is 72.9 Å². The fraction of sp³-hybridized carbons (Fsp3) is 0.180. The molecule has 10 rings (SSSR count). The number of ether oxygens (including phenoxy) is 3. The Morgan fingerprint density at radius 3 is 2.20 bits per heavy atom. The van der Waals surface area contributed by atoms with E-state index in [0.717, 1.165) is 65.8 Å². The molecular weight excluding hydrogens is 1520 g/mol. The molecule has 34 nitrogen and oxygen atoms in total. The molecule has 6 heterocycles. The van der Waals surface area contributed by atoms with Crippen LogP contribution in [0.2, 0.25) is 0 Å². The van der Waals surface area contributed by atoms with Crippen LogP contribution in [0.1, 0.15) is 35.3 Å². The molecule has 11 N–H and O–H groups in total. The maximum absolute atomic E-state index is 12.7. The highest BCUT2D eigenvalue weighted by Gasteiger charge is 2.45. The largest absolute Gasteiger partial charge is 0.485 e. The first kappa shape index (κ1) is 81.0. The Morgan fingerprint density at radius 2 is 1.55 bits per heavy atom. The van der Waals surface area contributed by atoms with E-state index in [1.54, 1.807) is 43.3 Å². The number of hydrazine groups is 4. The number of hydrogen-bond acceptors (Lipinski definition) is 26. The van der Waals surface area contributed by atoms with Crippen LogP contribution in [0.3, 0.4) is 0 Å². The molecule has 0 atom stereocenters. The number of alkyl halides is 3. The van der Waals surface area contributed by atoms with Crippen LogP contribution in [0.4, 0.5) is 72.3 Å². The summed E-state index contributed by atoms with van der Waals surface area (Å²) in [5.41, 5.74) is 20.1. The van der Waals surface area contributed by atoms with E-state index in [9.17, 15) is 69.5 Å². The molecule has 5 aromatic heterocycles. The third-order valence-corrected chi connectivity index (χ3v) is 18.9. The number of nitrogens with zero attached hydrogens (tertiary/aromatic N) is 7. The van der Waals surface area contributed by atoms with Gasteiger partial charge in [-0.3, -0.25) is 60.6 Å². The van der Waals surface area contributed by atoms with Gasteiger partial charge in [0.25, 0.3) is 16.1 Å². The third-order valence-electron chi connectivity index (χ3n) is 12.9. The number of anilines is 8. The number of furan rings is 2. The number of aromatic amines is 1. The molecule has 44 heteroatoms. The summed E-state index contributed by atoms with van der Waals surface area (Å²) in [5.74, 6) is -5.43. The predicted octanol–water partition coefficient (Wildman–Crippen LogP) is 9.24. The van der Waals surface area contributed by atoms with Gasteiger partial charge in [0.05, 0.1) is 40.6 Å². The van der Waals surface area contributed by atoms with Gasteiger partial charge < -0.3 is 34.1 Å².